The molecule has 7 heteroatoms. The highest BCUT2D eigenvalue weighted by molar-refractivity contribution is 5.86. The van der Waals surface area contributed by atoms with Crippen molar-refractivity contribution in [2.24, 2.45) is 11.6 Å². The molecule has 1 saturated carbocycles. The number of hydrazine groups is 1. The van der Waals surface area contributed by atoms with Gasteiger partial charge in [0.25, 0.3) is 0 Å². The third kappa shape index (κ3) is 4.14. The molecule has 0 heterocycles. The number of nitrogens with zero attached hydrogens (tertiary/aromatic N) is 1. The van der Waals surface area contributed by atoms with E-state index in [2.05, 4.69) is 6.07 Å². The van der Waals surface area contributed by atoms with Crippen LogP contribution in [-0.2, 0) is 9.53 Å². The summed E-state index contributed by atoms with van der Waals surface area (Å²) in [6.07, 6.45) is 3.28. The molecule has 0 aliphatic heterocycles. The van der Waals surface area contributed by atoms with E-state index < -0.39 is 5.97 Å². The summed E-state index contributed by atoms with van der Waals surface area (Å²) in [6.45, 7) is 0. The highest BCUT2D eigenvalue weighted by Crippen LogP contribution is 2.34. The van der Waals surface area contributed by atoms with Gasteiger partial charge in [-0.05, 0) is 49.3 Å². The van der Waals surface area contributed by atoms with Crippen LogP contribution in [0.15, 0.2) is 35.8 Å². The number of rotatable bonds is 5. The van der Waals surface area contributed by atoms with Gasteiger partial charge in [-0.15, -0.1) is 0 Å². The van der Waals surface area contributed by atoms with Crippen LogP contribution in [0.5, 0.6) is 0 Å². The van der Waals surface area contributed by atoms with Crippen LogP contribution in [-0.4, -0.2) is 17.2 Å². The topological polar surface area (TPSA) is 134 Å². The summed E-state index contributed by atoms with van der Waals surface area (Å²) in [5, 5.41) is 17.7. The summed E-state index contributed by atoms with van der Waals surface area (Å²) in [4.78, 5) is 10.9. The molecular weight excluding hydrogens is 296 g/mol. The smallest absolute Gasteiger partial charge is 0.358 e. The predicted molar refractivity (Wildman–Crippen MR) is 83.4 cm³/mol. The standard InChI is InChI=1S/C16H20N4O3/c17-9-10-1-3-11(4-2-10)12-5-7-13(8-6-12)23-15(18)14(20-19)16(21)22/h1-4,12-13,20H,5-8,18-19H2,(H,21,22)/b15-14+. The molecule has 7 nitrogen and oxygen atoms in total. The van der Waals surface area contributed by atoms with Crippen LogP contribution < -0.4 is 17.0 Å². The molecule has 0 amide bonds. The van der Waals surface area contributed by atoms with Crippen molar-refractivity contribution in [2.75, 3.05) is 0 Å². The van der Waals surface area contributed by atoms with Gasteiger partial charge in [0.1, 0.15) is 6.10 Å². The van der Waals surface area contributed by atoms with Gasteiger partial charge in [0.2, 0.25) is 5.88 Å². The fourth-order valence-electron chi connectivity index (χ4n) is 2.82. The van der Waals surface area contributed by atoms with E-state index in [-0.39, 0.29) is 17.7 Å². The number of hydrogen-bond acceptors (Lipinski definition) is 6. The molecule has 23 heavy (non-hydrogen) atoms. The molecule has 0 atom stereocenters. The predicted octanol–water partition coefficient (Wildman–Crippen LogP) is 1.28. The van der Waals surface area contributed by atoms with E-state index in [1.54, 1.807) is 0 Å². The number of carboxylic acids is 1. The Morgan fingerprint density at radius 2 is 1.87 bits per heavy atom. The second-order valence-corrected chi connectivity index (χ2v) is 5.51. The summed E-state index contributed by atoms with van der Waals surface area (Å²) < 4.78 is 5.52. The lowest BCUT2D eigenvalue weighted by Crippen LogP contribution is -2.32. The van der Waals surface area contributed by atoms with Crippen molar-refractivity contribution in [3.63, 3.8) is 0 Å². The number of nitriles is 1. The molecule has 0 saturated heterocycles. The highest BCUT2D eigenvalue weighted by atomic mass is 16.5. The maximum absolute atomic E-state index is 10.9. The van der Waals surface area contributed by atoms with Crippen LogP contribution in [0, 0.1) is 11.3 Å². The Morgan fingerprint density at radius 1 is 1.26 bits per heavy atom. The lowest BCUT2D eigenvalue weighted by atomic mass is 9.82. The average Bonchev–Trinajstić information content (AvgIpc) is 2.56. The molecule has 0 radical (unpaired) electrons. The van der Waals surface area contributed by atoms with E-state index in [9.17, 15) is 4.79 Å². The Morgan fingerprint density at radius 3 is 2.35 bits per heavy atom. The number of ether oxygens (including phenoxy) is 1. The Labute approximate surface area is 134 Å². The highest BCUT2D eigenvalue weighted by Gasteiger charge is 2.25. The van der Waals surface area contributed by atoms with Gasteiger partial charge in [0.15, 0.2) is 5.70 Å². The van der Waals surface area contributed by atoms with Crippen LogP contribution in [0.1, 0.15) is 42.7 Å². The second kappa shape index (κ2) is 7.51. The molecule has 0 aromatic heterocycles. The van der Waals surface area contributed by atoms with Gasteiger partial charge in [-0.2, -0.15) is 5.26 Å². The van der Waals surface area contributed by atoms with Crippen molar-refractivity contribution in [3.8, 4) is 6.07 Å². The quantitative estimate of drug-likeness (QED) is 0.278. The molecule has 0 unspecified atom stereocenters. The molecule has 1 aromatic rings. The lowest BCUT2D eigenvalue weighted by molar-refractivity contribution is -0.133. The minimum Gasteiger partial charge on any atom is -0.476 e. The fraction of sp³-hybridized carbons (Fsp3) is 0.375. The van der Waals surface area contributed by atoms with Crippen molar-refractivity contribution in [1.29, 1.82) is 5.26 Å². The van der Waals surface area contributed by atoms with Crippen molar-refractivity contribution < 1.29 is 14.6 Å². The third-order valence-corrected chi connectivity index (χ3v) is 4.08. The molecule has 1 fully saturated rings. The minimum absolute atomic E-state index is 0.118. The largest absolute Gasteiger partial charge is 0.476 e. The number of benzene rings is 1. The van der Waals surface area contributed by atoms with E-state index in [1.165, 1.54) is 5.56 Å². The van der Waals surface area contributed by atoms with E-state index in [4.69, 9.17) is 26.7 Å². The van der Waals surface area contributed by atoms with Crippen LogP contribution in [0.4, 0.5) is 0 Å². The molecule has 122 valence electrons. The van der Waals surface area contributed by atoms with Crippen molar-refractivity contribution >= 4 is 5.97 Å². The van der Waals surface area contributed by atoms with Gasteiger partial charge < -0.3 is 21.0 Å². The second-order valence-electron chi connectivity index (χ2n) is 5.51. The summed E-state index contributed by atoms with van der Waals surface area (Å²) >= 11 is 0. The van der Waals surface area contributed by atoms with Crippen molar-refractivity contribution in [3.05, 3.63) is 47.0 Å². The Hall–Kier alpha value is -2.72. The minimum atomic E-state index is -1.25. The third-order valence-electron chi connectivity index (χ3n) is 4.08. The van der Waals surface area contributed by atoms with Crippen LogP contribution in [0.25, 0.3) is 0 Å². The van der Waals surface area contributed by atoms with Gasteiger partial charge in [0, 0.05) is 0 Å². The molecule has 1 aliphatic rings. The molecule has 6 N–H and O–H groups in total. The maximum atomic E-state index is 10.9. The van der Waals surface area contributed by atoms with Crippen LogP contribution >= 0.6 is 0 Å². The number of nitrogens with two attached hydrogens (primary N) is 2. The first-order valence-corrected chi connectivity index (χ1v) is 7.41. The zero-order chi connectivity index (χ0) is 16.8. The maximum Gasteiger partial charge on any atom is 0.358 e. The van der Waals surface area contributed by atoms with E-state index in [0.29, 0.717) is 11.5 Å². The zero-order valence-corrected chi connectivity index (χ0v) is 12.7. The van der Waals surface area contributed by atoms with E-state index >= 15 is 0 Å². The molecule has 2 rings (SSSR count). The number of hydrogen-bond donors (Lipinski definition) is 4. The fourth-order valence-corrected chi connectivity index (χ4v) is 2.82. The Bertz CT molecular complexity index is 626. The van der Waals surface area contributed by atoms with E-state index in [0.717, 1.165) is 25.7 Å². The lowest BCUT2D eigenvalue weighted by Gasteiger charge is -2.29. The zero-order valence-electron chi connectivity index (χ0n) is 12.7. The van der Waals surface area contributed by atoms with Gasteiger partial charge in [-0.1, -0.05) is 12.1 Å². The Balaban J connectivity index is 1.93. The molecule has 1 aliphatic carbocycles. The first-order valence-electron chi connectivity index (χ1n) is 7.41. The van der Waals surface area contributed by atoms with Gasteiger partial charge in [-0.3, -0.25) is 5.84 Å². The van der Waals surface area contributed by atoms with E-state index in [1.807, 2.05) is 29.7 Å². The number of nitrogens with one attached hydrogen (secondary N) is 1. The van der Waals surface area contributed by atoms with Crippen LogP contribution in [0.2, 0.25) is 0 Å². The molecule has 1 aromatic carbocycles. The summed E-state index contributed by atoms with van der Waals surface area (Å²) in [6, 6.07) is 9.73. The summed E-state index contributed by atoms with van der Waals surface area (Å²) in [7, 11) is 0. The summed E-state index contributed by atoms with van der Waals surface area (Å²) in [5.74, 6) is 4.10. The molecular formula is C16H20N4O3. The first-order chi connectivity index (χ1) is 11.0. The molecule has 0 spiro atoms. The van der Waals surface area contributed by atoms with Crippen molar-refractivity contribution in [2.45, 2.75) is 37.7 Å². The van der Waals surface area contributed by atoms with Gasteiger partial charge >= 0.3 is 5.97 Å². The number of carbonyl (C=O) groups is 1. The van der Waals surface area contributed by atoms with Gasteiger partial charge in [-0.25, -0.2) is 4.79 Å². The molecule has 0 bridgehead atoms. The van der Waals surface area contributed by atoms with Crippen LogP contribution in [0.3, 0.4) is 0 Å². The number of carboxylic acid groups (broad SMARTS) is 1. The SMILES string of the molecule is N#Cc1ccc(C2CCC(O/C(N)=C(/NN)C(=O)O)CC2)cc1. The normalized spacial score (nSPS) is 21.7. The average molecular weight is 316 g/mol. The van der Waals surface area contributed by atoms with Gasteiger partial charge in [0.05, 0.1) is 11.6 Å². The monoisotopic (exact) mass is 316 g/mol. The van der Waals surface area contributed by atoms with Crippen molar-refractivity contribution in [1.82, 2.24) is 5.43 Å². The summed E-state index contributed by atoms with van der Waals surface area (Å²) in [5.41, 5.74) is 9.21. The Kier molecular flexibility index (Phi) is 5.44. The first kappa shape index (κ1) is 16.6. The number of aliphatic carboxylic acids is 1.